The second kappa shape index (κ2) is 6.52. The van der Waals surface area contributed by atoms with E-state index in [-0.39, 0.29) is 16.1 Å². The van der Waals surface area contributed by atoms with Crippen molar-refractivity contribution in [3.8, 4) is 0 Å². The molecule has 0 fully saturated rings. The van der Waals surface area contributed by atoms with E-state index < -0.39 is 27.7 Å². The van der Waals surface area contributed by atoms with Crippen molar-refractivity contribution in [2.24, 2.45) is 0 Å². The number of sulfonamides is 1. The first kappa shape index (κ1) is 17.8. The zero-order valence-electron chi connectivity index (χ0n) is 12.3. The second-order valence-electron chi connectivity index (χ2n) is 4.70. The van der Waals surface area contributed by atoms with Crippen LogP contribution in [0.3, 0.4) is 0 Å². The Kier molecular flexibility index (Phi) is 4.83. The molecule has 0 aliphatic carbocycles. The van der Waals surface area contributed by atoms with Crippen molar-refractivity contribution in [2.75, 3.05) is 11.8 Å². The molecule has 0 saturated heterocycles. The zero-order chi connectivity index (χ0) is 18.0. The number of ether oxygens (including phenoxy) is 1. The Hall–Kier alpha value is -2.55. The minimum atomic E-state index is -4.58. The highest BCUT2D eigenvalue weighted by atomic mass is 32.2. The van der Waals surface area contributed by atoms with Gasteiger partial charge in [-0.25, -0.2) is 13.2 Å². The van der Waals surface area contributed by atoms with Gasteiger partial charge in [0.25, 0.3) is 10.0 Å². The summed E-state index contributed by atoms with van der Waals surface area (Å²) >= 11 is 0. The van der Waals surface area contributed by atoms with Gasteiger partial charge in [-0.05, 0) is 42.5 Å². The number of hydrogen-bond donors (Lipinski definition) is 1. The smallest absolute Gasteiger partial charge is 0.416 e. The highest BCUT2D eigenvalue weighted by Crippen LogP contribution is 2.31. The standard InChI is InChI=1S/C15H12F3NO4S/c1-23-14(20)10-5-7-13(8-6-10)24(21,22)19-12-4-2-3-11(9-12)15(16,17)18/h2-9,19H,1H3. The quantitative estimate of drug-likeness (QED) is 0.851. The van der Waals surface area contributed by atoms with E-state index in [1.54, 1.807) is 0 Å². The first-order valence-electron chi connectivity index (χ1n) is 6.52. The van der Waals surface area contributed by atoms with E-state index in [1.165, 1.54) is 25.3 Å². The van der Waals surface area contributed by atoms with Crippen molar-refractivity contribution >= 4 is 21.7 Å². The summed E-state index contributed by atoms with van der Waals surface area (Å²) in [7, 11) is -2.91. The Labute approximate surface area is 136 Å². The first-order chi connectivity index (χ1) is 11.1. The molecule has 0 spiro atoms. The van der Waals surface area contributed by atoms with Crippen LogP contribution in [0.5, 0.6) is 0 Å². The third kappa shape index (κ3) is 4.05. The van der Waals surface area contributed by atoms with Gasteiger partial charge in [-0.3, -0.25) is 4.72 Å². The van der Waals surface area contributed by atoms with E-state index in [1.807, 2.05) is 0 Å². The van der Waals surface area contributed by atoms with Gasteiger partial charge in [0.05, 0.1) is 23.1 Å². The molecule has 0 amide bonds. The van der Waals surface area contributed by atoms with Crippen LogP contribution < -0.4 is 4.72 Å². The molecule has 2 aromatic rings. The van der Waals surface area contributed by atoms with Gasteiger partial charge >= 0.3 is 12.1 Å². The fourth-order valence-electron chi connectivity index (χ4n) is 1.86. The molecular formula is C15H12F3NO4S. The zero-order valence-corrected chi connectivity index (χ0v) is 13.1. The number of esters is 1. The molecule has 0 radical (unpaired) electrons. The molecule has 5 nitrogen and oxygen atoms in total. The number of rotatable bonds is 4. The van der Waals surface area contributed by atoms with Gasteiger partial charge in [0.1, 0.15) is 0 Å². The van der Waals surface area contributed by atoms with Crippen LogP contribution in [0, 0.1) is 0 Å². The van der Waals surface area contributed by atoms with Crippen molar-refractivity contribution in [2.45, 2.75) is 11.1 Å². The van der Waals surface area contributed by atoms with Gasteiger partial charge in [0.15, 0.2) is 0 Å². The van der Waals surface area contributed by atoms with Crippen LogP contribution in [-0.4, -0.2) is 21.5 Å². The lowest BCUT2D eigenvalue weighted by Crippen LogP contribution is -2.14. The minimum absolute atomic E-state index is 0.149. The SMILES string of the molecule is COC(=O)c1ccc(S(=O)(=O)Nc2cccc(C(F)(F)F)c2)cc1. The van der Waals surface area contributed by atoms with Crippen molar-refractivity contribution in [1.82, 2.24) is 0 Å². The normalized spacial score (nSPS) is 11.8. The molecule has 2 aromatic carbocycles. The predicted octanol–water partition coefficient (Wildman–Crippen LogP) is 3.29. The van der Waals surface area contributed by atoms with E-state index in [2.05, 4.69) is 9.46 Å². The fourth-order valence-corrected chi connectivity index (χ4v) is 2.91. The van der Waals surface area contributed by atoms with E-state index in [9.17, 15) is 26.4 Å². The van der Waals surface area contributed by atoms with E-state index in [0.29, 0.717) is 6.07 Å². The number of halogens is 3. The van der Waals surface area contributed by atoms with Crippen LogP contribution in [0.4, 0.5) is 18.9 Å². The molecule has 0 unspecified atom stereocenters. The summed E-state index contributed by atoms with van der Waals surface area (Å²) in [6.07, 6.45) is -4.58. The molecule has 0 bridgehead atoms. The van der Waals surface area contributed by atoms with Crippen LogP contribution >= 0.6 is 0 Å². The number of alkyl halides is 3. The van der Waals surface area contributed by atoms with Crippen LogP contribution in [0.1, 0.15) is 15.9 Å². The van der Waals surface area contributed by atoms with Crippen LogP contribution in [0.2, 0.25) is 0 Å². The van der Waals surface area contributed by atoms with Crippen molar-refractivity contribution in [3.63, 3.8) is 0 Å². The average Bonchev–Trinajstić information content (AvgIpc) is 2.53. The highest BCUT2D eigenvalue weighted by Gasteiger charge is 2.30. The maximum Gasteiger partial charge on any atom is 0.416 e. The molecular weight excluding hydrogens is 347 g/mol. The number of carbonyl (C=O) groups is 1. The molecule has 24 heavy (non-hydrogen) atoms. The van der Waals surface area contributed by atoms with Crippen LogP contribution in [0.25, 0.3) is 0 Å². The molecule has 2 rings (SSSR count). The summed E-state index contributed by atoms with van der Waals surface area (Å²) in [4.78, 5) is 11.1. The highest BCUT2D eigenvalue weighted by molar-refractivity contribution is 7.92. The average molecular weight is 359 g/mol. The van der Waals surface area contributed by atoms with E-state index in [4.69, 9.17) is 0 Å². The predicted molar refractivity (Wildman–Crippen MR) is 80.0 cm³/mol. The lowest BCUT2D eigenvalue weighted by atomic mass is 10.2. The van der Waals surface area contributed by atoms with Gasteiger partial charge < -0.3 is 4.74 Å². The van der Waals surface area contributed by atoms with Gasteiger partial charge in [-0.2, -0.15) is 13.2 Å². The Balaban J connectivity index is 2.27. The Morgan fingerprint density at radius 1 is 1.08 bits per heavy atom. The lowest BCUT2D eigenvalue weighted by Gasteiger charge is -2.11. The van der Waals surface area contributed by atoms with Gasteiger partial charge in [0.2, 0.25) is 0 Å². The number of nitrogens with one attached hydrogen (secondary N) is 1. The number of methoxy groups -OCH3 is 1. The summed E-state index contributed by atoms with van der Waals surface area (Å²) < 4.78 is 68.9. The first-order valence-corrected chi connectivity index (χ1v) is 8.00. The van der Waals surface area contributed by atoms with Crippen LogP contribution in [0.15, 0.2) is 53.4 Å². The largest absolute Gasteiger partial charge is 0.465 e. The molecule has 128 valence electrons. The van der Waals surface area contributed by atoms with Crippen molar-refractivity contribution in [3.05, 3.63) is 59.7 Å². The summed E-state index contributed by atoms with van der Waals surface area (Å²) in [6, 6.07) is 8.63. The van der Waals surface area contributed by atoms with Gasteiger partial charge in [-0.1, -0.05) is 6.07 Å². The summed E-state index contributed by atoms with van der Waals surface area (Å²) in [6.45, 7) is 0. The fraction of sp³-hybridized carbons (Fsp3) is 0.133. The molecule has 1 N–H and O–H groups in total. The maximum absolute atomic E-state index is 12.7. The minimum Gasteiger partial charge on any atom is -0.465 e. The summed E-state index contributed by atoms with van der Waals surface area (Å²) in [5.74, 6) is -0.634. The third-order valence-electron chi connectivity index (χ3n) is 3.03. The van der Waals surface area contributed by atoms with Crippen molar-refractivity contribution in [1.29, 1.82) is 0 Å². The van der Waals surface area contributed by atoms with E-state index >= 15 is 0 Å². The molecule has 0 aliphatic heterocycles. The van der Waals surface area contributed by atoms with Crippen molar-refractivity contribution < 1.29 is 31.1 Å². The number of benzene rings is 2. The molecule has 0 aromatic heterocycles. The van der Waals surface area contributed by atoms with Crippen LogP contribution in [-0.2, 0) is 20.9 Å². The Morgan fingerprint density at radius 2 is 1.71 bits per heavy atom. The Morgan fingerprint density at radius 3 is 2.25 bits per heavy atom. The monoisotopic (exact) mass is 359 g/mol. The molecule has 0 saturated carbocycles. The maximum atomic E-state index is 12.7. The number of anilines is 1. The topological polar surface area (TPSA) is 72.5 Å². The van der Waals surface area contributed by atoms with E-state index in [0.717, 1.165) is 24.3 Å². The summed E-state index contributed by atoms with van der Waals surface area (Å²) in [5, 5.41) is 0. The third-order valence-corrected chi connectivity index (χ3v) is 4.43. The molecule has 0 atom stereocenters. The van der Waals surface area contributed by atoms with Gasteiger partial charge in [-0.15, -0.1) is 0 Å². The second-order valence-corrected chi connectivity index (χ2v) is 6.38. The number of carbonyl (C=O) groups excluding carboxylic acids is 1. The molecule has 9 heteroatoms. The summed E-state index contributed by atoms with van der Waals surface area (Å²) in [5.41, 5.74) is -1.04. The lowest BCUT2D eigenvalue weighted by molar-refractivity contribution is -0.137. The van der Waals surface area contributed by atoms with Gasteiger partial charge in [0, 0.05) is 5.69 Å². The molecule has 0 aliphatic rings. The molecule has 0 heterocycles. The Bertz CT molecular complexity index is 846. The number of hydrogen-bond acceptors (Lipinski definition) is 4.